The molecule has 5 heteroatoms. The Balaban J connectivity index is 1.73. The highest BCUT2D eigenvalue weighted by Gasteiger charge is 2.19. The van der Waals surface area contributed by atoms with E-state index in [9.17, 15) is 4.79 Å². The number of benzene rings is 1. The standard InChI is InChI=1S/C20H22N2O2S/c1-3-11-22(14-16-8-5-4-6-9-16)19(23)13-17-15(2)24-20(21-17)18-10-7-12-25-18/h4-10,12H,3,11,13-14H2,1-2H3. The van der Waals surface area contributed by atoms with Crippen molar-refractivity contribution in [3.8, 4) is 10.8 Å². The lowest BCUT2D eigenvalue weighted by Gasteiger charge is -2.22. The maximum atomic E-state index is 12.8. The van der Waals surface area contributed by atoms with E-state index in [-0.39, 0.29) is 12.3 Å². The van der Waals surface area contributed by atoms with Gasteiger partial charge in [0.2, 0.25) is 11.8 Å². The number of oxazole rings is 1. The van der Waals surface area contributed by atoms with Gasteiger partial charge < -0.3 is 9.32 Å². The highest BCUT2D eigenvalue weighted by atomic mass is 32.1. The van der Waals surface area contributed by atoms with Crippen molar-refractivity contribution in [3.63, 3.8) is 0 Å². The van der Waals surface area contributed by atoms with Crippen LogP contribution >= 0.6 is 11.3 Å². The topological polar surface area (TPSA) is 46.3 Å². The highest BCUT2D eigenvalue weighted by molar-refractivity contribution is 7.13. The third-order valence-electron chi connectivity index (χ3n) is 4.01. The second-order valence-electron chi connectivity index (χ2n) is 5.98. The molecule has 0 saturated heterocycles. The molecule has 0 aliphatic rings. The van der Waals surface area contributed by atoms with Crippen molar-refractivity contribution in [2.45, 2.75) is 33.2 Å². The largest absolute Gasteiger partial charge is 0.440 e. The Kier molecular flexibility index (Phi) is 5.66. The van der Waals surface area contributed by atoms with Crippen LogP contribution in [0.1, 0.15) is 30.4 Å². The van der Waals surface area contributed by atoms with Crippen molar-refractivity contribution in [1.29, 1.82) is 0 Å². The lowest BCUT2D eigenvalue weighted by atomic mass is 10.2. The lowest BCUT2D eigenvalue weighted by Crippen LogP contribution is -2.32. The van der Waals surface area contributed by atoms with Crippen LogP contribution in [0.2, 0.25) is 0 Å². The van der Waals surface area contributed by atoms with Crippen molar-refractivity contribution in [2.75, 3.05) is 6.54 Å². The number of hydrogen-bond donors (Lipinski definition) is 0. The van der Waals surface area contributed by atoms with Crippen LogP contribution in [-0.2, 0) is 17.8 Å². The SMILES string of the molecule is CCCN(Cc1ccccc1)C(=O)Cc1nc(-c2cccs2)oc1C. The molecule has 4 nitrogen and oxygen atoms in total. The van der Waals surface area contributed by atoms with Gasteiger partial charge in [-0.1, -0.05) is 43.3 Å². The summed E-state index contributed by atoms with van der Waals surface area (Å²) in [7, 11) is 0. The molecule has 0 aliphatic heterocycles. The van der Waals surface area contributed by atoms with Gasteiger partial charge in [-0.3, -0.25) is 4.79 Å². The Hall–Kier alpha value is -2.40. The molecule has 3 rings (SSSR count). The molecule has 0 unspecified atom stereocenters. The monoisotopic (exact) mass is 354 g/mol. The van der Waals surface area contributed by atoms with Crippen molar-refractivity contribution in [2.24, 2.45) is 0 Å². The molecule has 0 N–H and O–H groups in total. The van der Waals surface area contributed by atoms with Gasteiger partial charge in [0.05, 0.1) is 17.0 Å². The predicted molar refractivity (Wildman–Crippen MR) is 100 cm³/mol. The summed E-state index contributed by atoms with van der Waals surface area (Å²) in [4.78, 5) is 20.2. The Labute approximate surface area is 152 Å². The van der Waals surface area contributed by atoms with Gasteiger partial charge in [-0.05, 0) is 30.4 Å². The molecular formula is C20H22N2O2S. The van der Waals surface area contributed by atoms with E-state index in [0.29, 0.717) is 18.2 Å². The van der Waals surface area contributed by atoms with Gasteiger partial charge in [0, 0.05) is 13.1 Å². The van der Waals surface area contributed by atoms with Crippen LogP contribution in [-0.4, -0.2) is 22.3 Å². The zero-order valence-electron chi connectivity index (χ0n) is 14.6. The summed E-state index contributed by atoms with van der Waals surface area (Å²) in [5.41, 5.74) is 1.86. The molecule has 0 atom stereocenters. The summed E-state index contributed by atoms with van der Waals surface area (Å²) in [6.07, 6.45) is 1.20. The van der Waals surface area contributed by atoms with Crippen molar-refractivity contribution in [3.05, 3.63) is 64.9 Å². The molecular weight excluding hydrogens is 332 g/mol. The van der Waals surface area contributed by atoms with Crippen LogP contribution in [0.15, 0.2) is 52.3 Å². The van der Waals surface area contributed by atoms with E-state index >= 15 is 0 Å². The Morgan fingerprint density at radius 1 is 1.20 bits per heavy atom. The number of hydrogen-bond acceptors (Lipinski definition) is 4. The summed E-state index contributed by atoms with van der Waals surface area (Å²) < 4.78 is 5.75. The minimum absolute atomic E-state index is 0.0832. The third-order valence-corrected chi connectivity index (χ3v) is 4.86. The second-order valence-corrected chi connectivity index (χ2v) is 6.92. The van der Waals surface area contributed by atoms with Crippen LogP contribution in [0.3, 0.4) is 0 Å². The number of nitrogens with zero attached hydrogens (tertiary/aromatic N) is 2. The molecule has 0 aliphatic carbocycles. The number of carbonyl (C=O) groups excluding carboxylic acids is 1. The summed E-state index contributed by atoms with van der Waals surface area (Å²) >= 11 is 1.58. The molecule has 0 bridgehead atoms. The molecule has 25 heavy (non-hydrogen) atoms. The zero-order chi connectivity index (χ0) is 17.6. The van der Waals surface area contributed by atoms with Crippen molar-refractivity contribution >= 4 is 17.2 Å². The van der Waals surface area contributed by atoms with E-state index in [4.69, 9.17) is 4.42 Å². The third kappa shape index (κ3) is 4.37. The van der Waals surface area contributed by atoms with Gasteiger partial charge in [0.25, 0.3) is 0 Å². The molecule has 0 saturated carbocycles. The number of carbonyl (C=O) groups is 1. The van der Waals surface area contributed by atoms with Gasteiger partial charge in [-0.15, -0.1) is 11.3 Å². The van der Waals surface area contributed by atoms with E-state index in [1.165, 1.54) is 0 Å². The smallest absolute Gasteiger partial charge is 0.236 e. The molecule has 0 radical (unpaired) electrons. The van der Waals surface area contributed by atoms with Crippen LogP contribution in [0.25, 0.3) is 10.8 Å². The van der Waals surface area contributed by atoms with Crippen LogP contribution in [0.5, 0.6) is 0 Å². The molecule has 1 amide bonds. The first kappa shape index (κ1) is 17.4. The summed E-state index contributed by atoms with van der Waals surface area (Å²) in [6.45, 7) is 5.32. The lowest BCUT2D eigenvalue weighted by molar-refractivity contribution is -0.131. The van der Waals surface area contributed by atoms with Crippen LogP contribution < -0.4 is 0 Å². The number of rotatable bonds is 7. The minimum Gasteiger partial charge on any atom is -0.440 e. The summed E-state index contributed by atoms with van der Waals surface area (Å²) in [6, 6.07) is 14.0. The number of aryl methyl sites for hydroxylation is 1. The van der Waals surface area contributed by atoms with Gasteiger partial charge >= 0.3 is 0 Å². The maximum absolute atomic E-state index is 12.8. The molecule has 3 aromatic rings. The first-order valence-electron chi connectivity index (χ1n) is 8.49. The average molecular weight is 354 g/mol. The quantitative estimate of drug-likeness (QED) is 0.618. The van der Waals surface area contributed by atoms with Crippen molar-refractivity contribution < 1.29 is 9.21 Å². The Morgan fingerprint density at radius 2 is 2.00 bits per heavy atom. The first-order chi connectivity index (χ1) is 12.2. The minimum atomic E-state index is 0.0832. The fourth-order valence-corrected chi connectivity index (χ4v) is 3.37. The van der Waals surface area contributed by atoms with Crippen LogP contribution in [0.4, 0.5) is 0 Å². The molecule has 0 spiro atoms. The molecule has 1 aromatic carbocycles. The molecule has 2 heterocycles. The first-order valence-corrected chi connectivity index (χ1v) is 9.37. The fourth-order valence-electron chi connectivity index (χ4n) is 2.72. The van der Waals surface area contributed by atoms with E-state index < -0.39 is 0 Å². The Morgan fingerprint density at radius 3 is 2.68 bits per heavy atom. The molecule has 2 aromatic heterocycles. The summed E-state index contributed by atoms with van der Waals surface area (Å²) in [5.74, 6) is 1.40. The highest BCUT2D eigenvalue weighted by Crippen LogP contribution is 2.26. The summed E-state index contributed by atoms with van der Waals surface area (Å²) in [5, 5.41) is 1.99. The van der Waals surface area contributed by atoms with Gasteiger partial charge in [-0.25, -0.2) is 4.98 Å². The number of thiophene rings is 1. The van der Waals surface area contributed by atoms with E-state index in [2.05, 4.69) is 11.9 Å². The van der Waals surface area contributed by atoms with Gasteiger partial charge in [0.15, 0.2) is 0 Å². The maximum Gasteiger partial charge on any atom is 0.236 e. The second kappa shape index (κ2) is 8.12. The predicted octanol–water partition coefficient (Wildman–Crippen LogP) is 4.69. The van der Waals surface area contributed by atoms with Gasteiger partial charge in [-0.2, -0.15) is 0 Å². The van der Waals surface area contributed by atoms with E-state index in [1.807, 2.05) is 59.7 Å². The zero-order valence-corrected chi connectivity index (χ0v) is 15.4. The number of amides is 1. The fraction of sp³-hybridized carbons (Fsp3) is 0.300. The Bertz CT molecular complexity index is 810. The molecule has 130 valence electrons. The molecule has 0 fully saturated rings. The van der Waals surface area contributed by atoms with Gasteiger partial charge in [0.1, 0.15) is 5.76 Å². The van der Waals surface area contributed by atoms with Crippen molar-refractivity contribution in [1.82, 2.24) is 9.88 Å². The van der Waals surface area contributed by atoms with E-state index in [0.717, 1.165) is 29.1 Å². The normalized spacial score (nSPS) is 10.8. The average Bonchev–Trinajstić information content (AvgIpc) is 3.26. The number of aromatic nitrogens is 1. The van der Waals surface area contributed by atoms with Crippen LogP contribution in [0, 0.1) is 6.92 Å². The van der Waals surface area contributed by atoms with E-state index in [1.54, 1.807) is 11.3 Å².